The molecule has 0 N–H and O–H groups in total. The van der Waals surface area contributed by atoms with Crippen LogP contribution in [0.2, 0.25) is 20.1 Å². The van der Waals surface area contributed by atoms with Gasteiger partial charge >= 0.3 is 0 Å². The molecule has 2 nitrogen and oxygen atoms in total. The van der Waals surface area contributed by atoms with Crippen LogP contribution in [0.3, 0.4) is 0 Å². The molecule has 2 aromatic rings. The van der Waals surface area contributed by atoms with Crippen molar-refractivity contribution in [1.82, 2.24) is 0 Å². The zero-order valence-electron chi connectivity index (χ0n) is 9.96. The predicted molar refractivity (Wildman–Crippen MR) is 82.0 cm³/mol. The maximum Gasteiger partial charge on any atom is 0.139 e. The van der Waals surface area contributed by atoms with Gasteiger partial charge in [-0.25, -0.2) is 0 Å². The summed E-state index contributed by atoms with van der Waals surface area (Å²) in [6, 6.07) is 10.0. The second kappa shape index (κ2) is 6.56. The Morgan fingerprint density at radius 1 is 0.900 bits per heavy atom. The van der Waals surface area contributed by atoms with Crippen LogP contribution in [0.25, 0.3) is 0 Å². The number of nitriles is 1. The number of nitrogens with zero attached hydrogens (tertiary/aromatic N) is 1. The van der Waals surface area contributed by atoms with Crippen LogP contribution in [0.5, 0.6) is 5.75 Å². The van der Waals surface area contributed by atoms with Gasteiger partial charge in [-0.2, -0.15) is 5.26 Å². The lowest BCUT2D eigenvalue weighted by atomic mass is 10.1. The minimum atomic E-state index is 0.211. The maximum atomic E-state index is 8.77. The predicted octanol–water partition coefficient (Wildman–Crippen LogP) is 5.75. The van der Waals surface area contributed by atoms with Gasteiger partial charge in [0.25, 0.3) is 0 Å². The molecular weight excluding hydrogens is 340 g/mol. The van der Waals surface area contributed by atoms with Crippen LogP contribution in [0, 0.1) is 11.3 Å². The molecule has 2 rings (SSSR count). The van der Waals surface area contributed by atoms with Crippen molar-refractivity contribution in [2.45, 2.75) is 6.61 Å². The first-order valence-electron chi connectivity index (χ1n) is 5.47. The van der Waals surface area contributed by atoms with E-state index in [0.717, 1.165) is 5.56 Å². The SMILES string of the molecule is N#Cc1ccc(COc2cc(Cl)c(Cl)cc2Cl)c(Cl)c1. The lowest BCUT2D eigenvalue weighted by molar-refractivity contribution is 0.306. The number of benzene rings is 2. The summed E-state index contributed by atoms with van der Waals surface area (Å²) in [5.41, 5.74) is 1.24. The number of rotatable bonds is 3. The Morgan fingerprint density at radius 2 is 1.60 bits per heavy atom. The smallest absolute Gasteiger partial charge is 0.139 e. The van der Waals surface area contributed by atoms with Gasteiger partial charge in [-0.15, -0.1) is 0 Å². The largest absolute Gasteiger partial charge is 0.487 e. The molecule has 0 aromatic heterocycles. The Balaban J connectivity index is 2.17. The van der Waals surface area contributed by atoms with Gasteiger partial charge in [-0.1, -0.05) is 52.5 Å². The van der Waals surface area contributed by atoms with Gasteiger partial charge in [0.2, 0.25) is 0 Å². The summed E-state index contributed by atoms with van der Waals surface area (Å²) in [7, 11) is 0. The Labute approximate surface area is 136 Å². The van der Waals surface area contributed by atoms with E-state index in [2.05, 4.69) is 0 Å². The topological polar surface area (TPSA) is 33.0 Å². The molecule has 0 saturated carbocycles. The molecule has 20 heavy (non-hydrogen) atoms. The fraction of sp³-hybridized carbons (Fsp3) is 0.0714. The monoisotopic (exact) mass is 345 g/mol. The summed E-state index contributed by atoms with van der Waals surface area (Å²) in [6.07, 6.45) is 0. The van der Waals surface area contributed by atoms with E-state index in [1.165, 1.54) is 6.07 Å². The molecule has 0 unspecified atom stereocenters. The molecular formula is C14H7Cl4NO. The van der Waals surface area contributed by atoms with E-state index in [4.69, 9.17) is 56.4 Å². The standard InChI is InChI=1S/C14H7Cl4NO/c15-10-3-8(6-19)1-2-9(10)7-20-14-5-12(17)11(16)4-13(14)18/h1-5H,7H2. The summed E-state index contributed by atoms with van der Waals surface area (Å²) in [6.45, 7) is 0.211. The Bertz CT molecular complexity index is 694. The zero-order valence-corrected chi connectivity index (χ0v) is 13.0. The Morgan fingerprint density at radius 3 is 2.25 bits per heavy atom. The van der Waals surface area contributed by atoms with Gasteiger partial charge in [0, 0.05) is 16.7 Å². The average Bonchev–Trinajstić information content (AvgIpc) is 2.42. The van der Waals surface area contributed by atoms with E-state index in [9.17, 15) is 0 Å². The van der Waals surface area contributed by atoms with Crippen LogP contribution in [0.15, 0.2) is 30.3 Å². The summed E-state index contributed by atoms with van der Waals surface area (Å²) in [4.78, 5) is 0. The van der Waals surface area contributed by atoms with Gasteiger partial charge in [0.1, 0.15) is 12.4 Å². The minimum Gasteiger partial charge on any atom is -0.487 e. The number of hydrogen-bond acceptors (Lipinski definition) is 2. The molecule has 0 saturated heterocycles. The molecule has 2 aromatic carbocycles. The molecule has 0 amide bonds. The van der Waals surface area contributed by atoms with E-state index in [0.29, 0.717) is 31.4 Å². The summed E-state index contributed by atoms with van der Waals surface area (Å²) in [5, 5.41) is 10.3. The third kappa shape index (κ3) is 3.50. The van der Waals surface area contributed by atoms with E-state index in [-0.39, 0.29) is 6.61 Å². The van der Waals surface area contributed by atoms with E-state index >= 15 is 0 Å². The van der Waals surface area contributed by atoms with Crippen LogP contribution >= 0.6 is 46.4 Å². The van der Waals surface area contributed by atoms with Crippen molar-refractivity contribution in [3.8, 4) is 11.8 Å². The van der Waals surface area contributed by atoms with E-state index in [1.54, 1.807) is 24.3 Å². The summed E-state index contributed by atoms with van der Waals surface area (Å²) < 4.78 is 5.57. The molecule has 0 aliphatic carbocycles. The molecule has 102 valence electrons. The van der Waals surface area contributed by atoms with Crippen molar-refractivity contribution in [3.63, 3.8) is 0 Å². The maximum absolute atomic E-state index is 8.77. The quantitative estimate of drug-likeness (QED) is 0.663. The Hall–Kier alpha value is -1.11. The zero-order chi connectivity index (χ0) is 14.7. The lowest BCUT2D eigenvalue weighted by Gasteiger charge is -2.10. The fourth-order valence-electron chi connectivity index (χ4n) is 1.50. The molecule has 0 atom stereocenters. The highest BCUT2D eigenvalue weighted by Crippen LogP contribution is 2.34. The first-order valence-corrected chi connectivity index (χ1v) is 6.98. The summed E-state index contributed by atoms with van der Waals surface area (Å²) in [5.74, 6) is 0.418. The normalized spacial score (nSPS) is 10.2. The first-order chi connectivity index (χ1) is 9.51. The second-order valence-corrected chi connectivity index (χ2v) is 5.53. The van der Waals surface area contributed by atoms with Crippen molar-refractivity contribution in [3.05, 3.63) is 61.5 Å². The summed E-state index contributed by atoms with van der Waals surface area (Å²) >= 11 is 23.8. The van der Waals surface area contributed by atoms with Crippen LogP contribution in [-0.2, 0) is 6.61 Å². The second-order valence-electron chi connectivity index (χ2n) is 3.90. The molecule has 0 radical (unpaired) electrons. The third-order valence-electron chi connectivity index (χ3n) is 2.54. The van der Waals surface area contributed by atoms with Crippen LogP contribution in [-0.4, -0.2) is 0 Å². The highest BCUT2D eigenvalue weighted by molar-refractivity contribution is 6.43. The van der Waals surface area contributed by atoms with Crippen molar-refractivity contribution >= 4 is 46.4 Å². The highest BCUT2D eigenvalue weighted by atomic mass is 35.5. The number of halogens is 4. The van der Waals surface area contributed by atoms with Gasteiger partial charge in [-0.3, -0.25) is 0 Å². The average molecular weight is 347 g/mol. The van der Waals surface area contributed by atoms with Gasteiger partial charge in [-0.05, 0) is 18.2 Å². The van der Waals surface area contributed by atoms with Gasteiger partial charge in [0.05, 0.1) is 26.7 Å². The van der Waals surface area contributed by atoms with Crippen molar-refractivity contribution in [2.75, 3.05) is 0 Å². The third-order valence-corrected chi connectivity index (χ3v) is 3.91. The molecule has 0 aliphatic rings. The van der Waals surface area contributed by atoms with Crippen molar-refractivity contribution in [1.29, 1.82) is 5.26 Å². The molecule has 0 bridgehead atoms. The molecule has 0 spiro atoms. The molecule has 0 fully saturated rings. The van der Waals surface area contributed by atoms with Crippen LogP contribution in [0.4, 0.5) is 0 Å². The Kier molecular flexibility index (Phi) is 5.01. The van der Waals surface area contributed by atoms with Gasteiger partial charge < -0.3 is 4.74 Å². The number of ether oxygens (including phenoxy) is 1. The van der Waals surface area contributed by atoms with E-state index in [1.807, 2.05) is 6.07 Å². The number of hydrogen-bond donors (Lipinski definition) is 0. The highest BCUT2D eigenvalue weighted by Gasteiger charge is 2.09. The first kappa shape index (κ1) is 15.3. The minimum absolute atomic E-state index is 0.211. The molecule has 6 heteroatoms. The van der Waals surface area contributed by atoms with Gasteiger partial charge in [0.15, 0.2) is 0 Å². The van der Waals surface area contributed by atoms with Crippen molar-refractivity contribution < 1.29 is 4.74 Å². The van der Waals surface area contributed by atoms with Crippen molar-refractivity contribution in [2.24, 2.45) is 0 Å². The molecule has 0 aliphatic heterocycles. The van der Waals surface area contributed by atoms with Crippen LogP contribution < -0.4 is 4.74 Å². The van der Waals surface area contributed by atoms with E-state index < -0.39 is 0 Å². The fourth-order valence-corrected chi connectivity index (χ4v) is 2.33. The van der Waals surface area contributed by atoms with Crippen LogP contribution in [0.1, 0.15) is 11.1 Å². The molecule has 0 heterocycles. The lowest BCUT2D eigenvalue weighted by Crippen LogP contribution is -1.97.